The Bertz CT molecular complexity index is 1320. The number of aliphatic hydroxyl groups is 1. The first-order valence-electron chi connectivity index (χ1n) is 10.4. The van der Waals surface area contributed by atoms with Crippen LogP contribution in [0.25, 0.3) is 11.0 Å². The van der Waals surface area contributed by atoms with E-state index in [1.807, 2.05) is 49.4 Å². The first-order valence-corrected chi connectivity index (χ1v) is 10.4. The Hall–Kier alpha value is -4.19. The zero-order chi connectivity index (χ0) is 22.2. The highest BCUT2D eigenvalue weighted by atomic mass is 16.3. The fourth-order valence-corrected chi connectivity index (χ4v) is 4.08. The van der Waals surface area contributed by atoms with Crippen LogP contribution in [-0.2, 0) is 11.2 Å². The van der Waals surface area contributed by atoms with Crippen molar-refractivity contribution in [1.29, 1.82) is 0 Å². The summed E-state index contributed by atoms with van der Waals surface area (Å²) in [5, 5.41) is 11.6. The number of hydrogen-bond acceptors (Lipinski definition) is 5. The van der Waals surface area contributed by atoms with Gasteiger partial charge in [0.25, 0.3) is 5.91 Å². The Morgan fingerprint density at radius 2 is 1.88 bits per heavy atom. The normalized spacial score (nSPS) is 16.2. The molecule has 1 N–H and O–H groups in total. The monoisotopic (exact) mass is 424 g/mol. The van der Waals surface area contributed by atoms with Crippen molar-refractivity contribution in [3.05, 3.63) is 107 Å². The molecule has 0 radical (unpaired) electrons. The smallest absolute Gasteiger partial charge is 0.294 e. The van der Waals surface area contributed by atoms with Crippen molar-refractivity contribution in [1.82, 2.24) is 4.98 Å². The minimum atomic E-state index is -0.829. The van der Waals surface area contributed by atoms with Gasteiger partial charge >= 0.3 is 0 Å². The van der Waals surface area contributed by atoms with Crippen molar-refractivity contribution >= 4 is 28.3 Å². The quantitative estimate of drug-likeness (QED) is 0.447. The van der Waals surface area contributed by atoms with Crippen LogP contribution in [0.5, 0.6) is 0 Å². The van der Waals surface area contributed by atoms with Gasteiger partial charge in [0.05, 0.1) is 11.6 Å². The fourth-order valence-electron chi connectivity index (χ4n) is 4.08. The predicted molar refractivity (Wildman–Crippen MR) is 120 cm³/mol. The highest BCUT2D eigenvalue weighted by Crippen LogP contribution is 2.42. The maximum atomic E-state index is 13.5. The number of benzene rings is 2. The van der Waals surface area contributed by atoms with Gasteiger partial charge in [0.2, 0.25) is 5.78 Å². The summed E-state index contributed by atoms with van der Waals surface area (Å²) < 4.78 is 5.74. The van der Waals surface area contributed by atoms with Crippen LogP contribution in [0.3, 0.4) is 0 Å². The maximum absolute atomic E-state index is 13.5. The van der Waals surface area contributed by atoms with Gasteiger partial charge < -0.3 is 9.52 Å². The molecule has 1 unspecified atom stereocenters. The van der Waals surface area contributed by atoms with Gasteiger partial charge in [0.1, 0.15) is 5.58 Å². The minimum absolute atomic E-state index is 0.0263. The number of fused-ring (bicyclic) bond motifs is 1. The van der Waals surface area contributed by atoms with E-state index in [2.05, 4.69) is 4.98 Å². The molecule has 0 spiro atoms. The number of ketones is 1. The zero-order valence-electron chi connectivity index (χ0n) is 17.4. The van der Waals surface area contributed by atoms with Crippen molar-refractivity contribution in [3.63, 3.8) is 0 Å². The van der Waals surface area contributed by atoms with E-state index >= 15 is 0 Å². The molecule has 1 aliphatic heterocycles. The first-order chi connectivity index (χ1) is 15.6. The molecule has 4 aromatic rings. The lowest BCUT2D eigenvalue weighted by Crippen LogP contribution is -2.31. The lowest BCUT2D eigenvalue weighted by molar-refractivity contribution is -0.117. The molecule has 0 saturated heterocycles. The molecular weight excluding hydrogens is 404 g/mol. The molecule has 0 fully saturated rings. The topological polar surface area (TPSA) is 83.6 Å². The molecule has 3 heterocycles. The molecule has 0 bridgehead atoms. The molecule has 5 rings (SSSR count). The summed E-state index contributed by atoms with van der Waals surface area (Å²) in [5.41, 5.74) is 2.85. The zero-order valence-corrected chi connectivity index (χ0v) is 17.4. The van der Waals surface area contributed by atoms with E-state index in [1.54, 1.807) is 36.7 Å². The second-order valence-corrected chi connectivity index (χ2v) is 7.62. The van der Waals surface area contributed by atoms with Crippen molar-refractivity contribution in [2.24, 2.45) is 0 Å². The first kappa shape index (κ1) is 19.8. The number of Topliss-reactive ketones (excluding diaryl/α,β-unsaturated/α-hetero) is 1. The molecule has 6 heteroatoms. The Kier molecular flexibility index (Phi) is 4.82. The van der Waals surface area contributed by atoms with E-state index < -0.39 is 23.5 Å². The van der Waals surface area contributed by atoms with Gasteiger partial charge in [-0.25, -0.2) is 0 Å². The van der Waals surface area contributed by atoms with Gasteiger partial charge in [-0.2, -0.15) is 0 Å². The highest BCUT2D eigenvalue weighted by Gasteiger charge is 2.45. The number of aryl methyl sites for hydroxylation is 1. The summed E-state index contributed by atoms with van der Waals surface area (Å²) in [6, 6.07) is 19.1. The van der Waals surface area contributed by atoms with E-state index in [-0.39, 0.29) is 11.3 Å². The Labute approximate surface area is 184 Å². The average molecular weight is 424 g/mol. The van der Waals surface area contributed by atoms with Gasteiger partial charge in [-0.05, 0) is 47.9 Å². The van der Waals surface area contributed by atoms with E-state index in [0.29, 0.717) is 16.8 Å². The van der Waals surface area contributed by atoms with E-state index in [1.165, 1.54) is 4.90 Å². The van der Waals surface area contributed by atoms with Gasteiger partial charge in [0.15, 0.2) is 11.5 Å². The van der Waals surface area contributed by atoms with Crippen LogP contribution in [0.2, 0.25) is 0 Å². The molecule has 158 valence electrons. The van der Waals surface area contributed by atoms with Crippen molar-refractivity contribution < 1.29 is 19.1 Å². The maximum Gasteiger partial charge on any atom is 0.294 e. The SMILES string of the molecule is CCc1ccc(N2C(=O)C(O)=C(C(=O)c3cc4ccccc4o3)C2c2cccnc2)cc1. The average Bonchev–Trinajstić information content (AvgIpc) is 3.38. The van der Waals surface area contributed by atoms with Crippen LogP contribution in [0.15, 0.2) is 94.9 Å². The number of pyridine rings is 1. The Morgan fingerprint density at radius 1 is 1.09 bits per heavy atom. The number of aromatic nitrogens is 1. The minimum Gasteiger partial charge on any atom is -0.503 e. The van der Waals surface area contributed by atoms with Gasteiger partial charge in [-0.1, -0.05) is 43.3 Å². The van der Waals surface area contributed by atoms with Crippen LogP contribution in [-0.4, -0.2) is 21.8 Å². The molecular formula is C26H20N2O4. The molecule has 1 aliphatic rings. The van der Waals surface area contributed by atoms with E-state index in [4.69, 9.17) is 4.42 Å². The summed E-state index contributed by atoms with van der Waals surface area (Å²) >= 11 is 0. The number of carbonyl (C=O) groups excluding carboxylic acids is 2. The molecule has 2 aromatic carbocycles. The van der Waals surface area contributed by atoms with Crippen LogP contribution in [0.1, 0.15) is 34.6 Å². The number of para-hydroxylation sites is 1. The Morgan fingerprint density at radius 3 is 2.56 bits per heavy atom. The van der Waals surface area contributed by atoms with Crippen molar-refractivity contribution in [2.75, 3.05) is 4.90 Å². The summed E-state index contributed by atoms with van der Waals surface area (Å²) in [7, 11) is 0. The van der Waals surface area contributed by atoms with Crippen molar-refractivity contribution in [2.45, 2.75) is 19.4 Å². The molecule has 6 nitrogen and oxygen atoms in total. The number of rotatable bonds is 5. The van der Waals surface area contributed by atoms with Crippen LogP contribution in [0, 0.1) is 0 Å². The lowest BCUT2D eigenvalue weighted by Gasteiger charge is -2.26. The number of amides is 1. The highest BCUT2D eigenvalue weighted by molar-refractivity contribution is 6.20. The largest absolute Gasteiger partial charge is 0.503 e. The predicted octanol–water partition coefficient (Wildman–Crippen LogP) is 5.17. The number of carbonyl (C=O) groups is 2. The third kappa shape index (κ3) is 3.17. The van der Waals surface area contributed by atoms with Gasteiger partial charge in [-0.3, -0.25) is 19.5 Å². The second kappa shape index (κ2) is 7.81. The molecule has 2 aromatic heterocycles. The van der Waals surface area contributed by atoms with Gasteiger partial charge in [-0.15, -0.1) is 0 Å². The van der Waals surface area contributed by atoms with Crippen molar-refractivity contribution in [3.8, 4) is 0 Å². The van der Waals surface area contributed by atoms with E-state index in [9.17, 15) is 14.7 Å². The molecule has 32 heavy (non-hydrogen) atoms. The Balaban J connectivity index is 1.64. The molecule has 0 saturated carbocycles. The van der Waals surface area contributed by atoms with Crippen LogP contribution in [0.4, 0.5) is 5.69 Å². The number of hydrogen-bond donors (Lipinski definition) is 1. The summed E-state index contributed by atoms with van der Waals surface area (Å²) in [6.45, 7) is 2.05. The number of aliphatic hydroxyl groups excluding tert-OH is 1. The van der Waals surface area contributed by atoms with Gasteiger partial charge in [0, 0.05) is 23.5 Å². The third-order valence-electron chi connectivity index (χ3n) is 5.72. The fraction of sp³-hybridized carbons (Fsp3) is 0.115. The van der Waals surface area contributed by atoms with Crippen LogP contribution < -0.4 is 4.90 Å². The molecule has 0 aliphatic carbocycles. The summed E-state index contributed by atoms with van der Waals surface area (Å²) in [6.07, 6.45) is 4.07. The standard InChI is InChI=1S/C26H20N2O4/c1-2-16-9-11-19(12-10-16)28-23(18-7-5-13-27-15-18)22(25(30)26(28)31)24(29)21-14-17-6-3-4-8-20(17)32-21/h3-15,23,30H,2H2,1H3. The van der Waals surface area contributed by atoms with E-state index in [0.717, 1.165) is 17.4 Å². The molecule has 1 atom stereocenters. The number of furan rings is 1. The third-order valence-corrected chi connectivity index (χ3v) is 5.72. The number of anilines is 1. The summed E-state index contributed by atoms with van der Waals surface area (Å²) in [5.74, 6) is -1.68. The van der Waals surface area contributed by atoms with Crippen LogP contribution >= 0.6 is 0 Å². The summed E-state index contributed by atoms with van der Waals surface area (Å²) in [4.78, 5) is 32.3. The second-order valence-electron chi connectivity index (χ2n) is 7.62. The number of nitrogens with zero attached hydrogens (tertiary/aromatic N) is 2. The lowest BCUT2D eigenvalue weighted by atomic mass is 9.95. The molecule has 1 amide bonds.